The Balaban J connectivity index is 2.13. The van der Waals surface area contributed by atoms with Crippen LogP contribution < -0.4 is 15.9 Å². The van der Waals surface area contributed by atoms with Crippen LogP contribution in [0.1, 0.15) is 12.7 Å². The molecule has 0 aliphatic carbocycles. The zero-order chi connectivity index (χ0) is 17.5. The van der Waals surface area contributed by atoms with Gasteiger partial charge in [-0.3, -0.25) is 4.79 Å². The van der Waals surface area contributed by atoms with Gasteiger partial charge >= 0.3 is 6.18 Å². The Hall–Kier alpha value is -1.80. The lowest BCUT2D eigenvalue weighted by Crippen LogP contribution is -2.62. The molecule has 9 heteroatoms. The molecule has 24 heavy (non-hydrogen) atoms. The minimum Gasteiger partial charge on any atom is -0.305 e. The largest absolute Gasteiger partial charge is 0.405 e. The Morgan fingerprint density at radius 3 is 2.83 bits per heavy atom. The number of nitrogens with one attached hydrogen (secondary N) is 1. The Bertz CT molecular complexity index is 821. The number of piperazine rings is 1. The highest BCUT2D eigenvalue weighted by Crippen LogP contribution is 2.23. The molecule has 1 fully saturated rings. The number of aromatic nitrogens is 2. The van der Waals surface area contributed by atoms with Gasteiger partial charge in [-0.05, 0) is 12.1 Å². The number of hydrogen-bond donors (Lipinski definition) is 1. The second-order valence-corrected chi connectivity index (χ2v) is 6.00. The second-order valence-electron chi connectivity index (χ2n) is 5.59. The van der Waals surface area contributed by atoms with Crippen molar-refractivity contribution in [2.45, 2.75) is 25.6 Å². The van der Waals surface area contributed by atoms with Gasteiger partial charge in [0.15, 0.2) is 0 Å². The maximum atomic E-state index is 13.0. The molecular formula is C15H16ClF3N4O. The molecule has 0 bridgehead atoms. The highest BCUT2D eigenvalue weighted by molar-refractivity contribution is 6.35. The number of nitrogens with zero attached hydrogens (tertiary/aromatic N) is 3. The van der Waals surface area contributed by atoms with Crippen molar-refractivity contribution in [1.29, 1.82) is 0 Å². The van der Waals surface area contributed by atoms with Crippen molar-refractivity contribution >= 4 is 22.5 Å². The molecule has 1 N–H and O–H groups in total. The number of alkyl halides is 3. The number of hydrogen-bond acceptors (Lipinski definition) is 4. The van der Waals surface area contributed by atoms with E-state index in [2.05, 4.69) is 10.3 Å². The fourth-order valence-electron chi connectivity index (χ4n) is 2.88. The summed E-state index contributed by atoms with van der Waals surface area (Å²) in [5, 5.41) is 4.29. The van der Waals surface area contributed by atoms with Crippen molar-refractivity contribution in [3.63, 3.8) is 0 Å². The summed E-state index contributed by atoms with van der Waals surface area (Å²) >= 11 is 6.11. The quantitative estimate of drug-likeness (QED) is 0.891. The maximum Gasteiger partial charge on any atom is 0.405 e. The molecule has 1 atom stereocenters. The smallest absolute Gasteiger partial charge is 0.305 e. The van der Waals surface area contributed by atoms with Crippen LogP contribution in [0, 0.1) is 0 Å². The Kier molecular flexibility index (Phi) is 4.44. The zero-order valence-corrected chi connectivity index (χ0v) is 13.7. The average molecular weight is 361 g/mol. The molecule has 1 aromatic heterocycles. The van der Waals surface area contributed by atoms with Crippen molar-refractivity contribution < 1.29 is 13.2 Å². The first-order chi connectivity index (χ1) is 11.3. The molecule has 2 heterocycles. The van der Waals surface area contributed by atoms with Gasteiger partial charge in [0.25, 0.3) is 5.56 Å². The van der Waals surface area contributed by atoms with Gasteiger partial charge in [0.2, 0.25) is 0 Å². The van der Waals surface area contributed by atoms with Gasteiger partial charge in [0, 0.05) is 19.5 Å². The highest BCUT2D eigenvalue weighted by atomic mass is 35.5. The van der Waals surface area contributed by atoms with Crippen LogP contribution in [0.4, 0.5) is 13.2 Å². The van der Waals surface area contributed by atoms with Crippen molar-refractivity contribution in [1.82, 2.24) is 15.0 Å². The SMILES string of the molecule is CCc1nc2cccc(Cl)c2c(=O)n1N1CCNC(C(F)(F)F)C1. The van der Waals surface area contributed by atoms with Gasteiger partial charge in [0.05, 0.1) is 22.5 Å². The molecule has 0 spiro atoms. The topological polar surface area (TPSA) is 50.2 Å². The second kappa shape index (κ2) is 6.25. The summed E-state index contributed by atoms with van der Waals surface area (Å²) in [7, 11) is 0. The van der Waals surface area contributed by atoms with Crippen molar-refractivity contribution in [3.05, 3.63) is 39.4 Å². The maximum absolute atomic E-state index is 13.0. The zero-order valence-electron chi connectivity index (χ0n) is 12.9. The van der Waals surface area contributed by atoms with Crippen molar-refractivity contribution in [2.24, 2.45) is 0 Å². The monoisotopic (exact) mass is 360 g/mol. The van der Waals surface area contributed by atoms with Crippen LogP contribution in [0.5, 0.6) is 0 Å². The van der Waals surface area contributed by atoms with E-state index in [1.165, 1.54) is 9.69 Å². The molecule has 1 aromatic carbocycles. The van der Waals surface area contributed by atoms with E-state index >= 15 is 0 Å². The number of aryl methyl sites for hydroxylation is 1. The van der Waals surface area contributed by atoms with E-state index in [0.29, 0.717) is 17.8 Å². The molecule has 1 aliphatic heterocycles. The summed E-state index contributed by atoms with van der Waals surface area (Å²) in [6.45, 7) is 1.85. The summed E-state index contributed by atoms with van der Waals surface area (Å²) in [6.07, 6.45) is -3.96. The van der Waals surface area contributed by atoms with Crippen LogP contribution in [0.15, 0.2) is 23.0 Å². The van der Waals surface area contributed by atoms with Crippen LogP contribution in [0.2, 0.25) is 5.02 Å². The molecule has 0 amide bonds. The third kappa shape index (κ3) is 2.95. The van der Waals surface area contributed by atoms with Crippen molar-refractivity contribution in [3.8, 4) is 0 Å². The summed E-state index contributed by atoms with van der Waals surface area (Å²) in [4.78, 5) is 17.3. The third-order valence-corrected chi connectivity index (χ3v) is 4.35. The summed E-state index contributed by atoms with van der Waals surface area (Å²) in [5.74, 6) is 0.414. The minimum absolute atomic E-state index is 0.125. The lowest BCUT2D eigenvalue weighted by molar-refractivity contribution is -0.156. The highest BCUT2D eigenvalue weighted by Gasteiger charge is 2.42. The molecule has 1 aliphatic rings. The van der Waals surface area contributed by atoms with E-state index in [1.807, 2.05) is 0 Å². The van der Waals surface area contributed by atoms with Crippen LogP contribution in [0.3, 0.4) is 0 Å². The van der Waals surface area contributed by atoms with Gasteiger partial charge in [-0.25, -0.2) is 9.66 Å². The first-order valence-electron chi connectivity index (χ1n) is 7.58. The molecule has 1 saturated heterocycles. The molecule has 2 aromatic rings. The van der Waals surface area contributed by atoms with E-state index in [9.17, 15) is 18.0 Å². The normalized spacial score (nSPS) is 19.0. The first-order valence-corrected chi connectivity index (χ1v) is 7.96. The van der Waals surface area contributed by atoms with E-state index in [0.717, 1.165) is 0 Å². The number of rotatable bonds is 2. The molecule has 0 saturated carbocycles. The lowest BCUT2D eigenvalue weighted by atomic mass is 10.2. The first kappa shape index (κ1) is 17.0. The van der Waals surface area contributed by atoms with E-state index < -0.39 is 17.8 Å². The van der Waals surface area contributed by atoms with Crippen molar-refractivity contribution in [2.75, 3.05) is 24.6 Å². The number of fused-ring (bicyclic) bond motifs is 1. The Morgan fingerprint density at radius 2 is 2.17 bits per heavy atom. The van der Waals surface area contributed by atoms with E-state index in [1.54, 1.807) is 25.1 Å². The van der Waals surface area contributed by atoms with Crippen LogP contribution in [0.25, 0.3) is 10.9 Å². The fraction of sp³-hybridized carbons (Fsp3) is 0.467. The van der Waals surface area contributed by atoms with Gasteiger partial charge in [-0.1, -0.05) is 24.6 Å². The summed E-state index contributed by atoms with van der Waals surface area (Å²) in [6, 6.07) is 3.23. The summed E-state index contributed by atoms with van der Waals surface area (Å²) in [5.41, 5.74) is 0.00776. The average Bonchev–Trinajstić information content (AvgIpc) is 2.53. The van der Waals surface area contributed by atoms with E-state index in [4.69, 9.17) is 11.6 Å². The standard InChI is InChI=1S/C15H16ClF3N4O/c1-2-12-21-10-5-3-4-9(16)13(10)14(24)23(12)22-7-6-20-11(8-22)15(17,18)19/h3-5,11,20H,2,6-8H2,1H3. The molecule has 1 unspecified atom stereocenters. The third-order valence-electron chi connectivity index (χ3n) is 4.04. The van der Waals surface area contributed by atoms with Crippen LogP contribution in [-0.4, -0.2) is 41.5 Å². The fourth-order valence-corrected chi connectivity index (χ4v) is 3.13. The molecular weight excluding hydrogens is 345 g/mol. The molecule has 0 radical (unpaired) electrons. The number of benzene rings is 1. The number of halogens is 4. The Morgan fingerprint density at radius 1 is 1.42 bits per heavy atom. The van der Waals surface area contributed by atoms with Gasteiger partial charge < -0.3 is 10.3 Å². The van der Waals surface area contributed by atoms with Crippen LogP contribution >= 0.6 is 11.6 Å². The van der Waals surface area contributed by atoms with E-state index in [-0.39, 0.29) is 30.0 Å². The minimum atomic E-state index is -4.38. The van der Waals surface area contributed by atoms with Gasteiger partial charge in [0.1, 0.15) is 11.9 Å². The molecule has 130 valence electrons. The molecule has 5 nitrogen and oxygen atoms in total. The summed E-state index contributed by atoms with van der Waals surface area (Å²) < 4.78 is 40.3. The van der Waals surface area contributed by atoms with Crippen LogP contribution in [-0.2, 0) is 6.42 Å². The van der Waals surface area contributed by atoms with Gasteiger partial charge in [-0.2, -0.15) is 13.2 Å². The molecule has 3 rings (SSSR count). The predicted molar refractivity (Wildman–Crippen MR) is 86.2 cm³/mol. The predicted octanol–water partition coefficient (Wildman–Crippen LogP) is 2.08. The lowest BCUT2D eigenvalue weighted by Gasteiger charge is -2.37. The Labute approximate surface area is 141 Å². The van der Waals surface area contributed by atoms with Gasteiger partial charge in [-0.15, -0.1) is 0 Å².